The Balaban J connectivity index is 1.69. The first kappa shape index (κ1) is 17.0. The number of likely N-dealkylation sites (tertiary alicyclic amines) is 1. The highest BCUT2D eigenvalue weighted by Crippen LogP contribution is 2.40. The van der Waals surface area contributed by atoms with Crippen molar-refractivity contribution in [3.05, 3.63) is 39.4 Å². The summed E-state index contributed by atoms with van der Waals surface area (Å²) in [6, 6.07) is 6.17. The minimum Gasteiger partial charge on any atom is -0.369 e. The Bertz CT molecular complexity index is 1070. The van der Waals surface area contributed by atoms with Crippen LogP contribution in [0.15, 0.2) is 24.5 Å². The second-order valence-electron chi connectivity index (χ2n) is 7.19. The van der Waals surface area contributed by atoms with Crippen molar-refractivity contribution in [3.63, 3.8) is 0 Å². The molecule has 0 saturated carbocycles. The van der Waals surface area contributed by atoms with Gasteiger partial charge in [0, 0.05) is 37.8 Å². The zero-order valence-electron chi connectivity index (χ0n) is 15.1. The molecule has 27 heavy (non-hydrogen) atoms. The monoisotopic (exact) mass is 473 g/mol. The van der Waals surface area contributed by atoms with Crippen LogP contribution in [0.4, 0.5) is 5.82 Å². The van der Waals surface area contributed by atoms with E-state index in [1.807, 2.05) is 18.0 Å². The molecular formula is C20H20IN5O. The van der Waals surface area contributed by atoms with Crippen LogP contribution in [0, 0.1) is 3.70 Å². The van der Waals surface area contributed by atoms with Crippen molar-refractivity contribution >= 4 is 45.3 Å². The van der Waals surface area contributed by atoms with E-state index in [2.05, 4.69) is 54.6 Å². The van der Waals surface area contributed by atoms with Crippen LogP contribution in [0.2, 0.25) is 0 Å². The lowest BCUT2D eigenvalue weighted by Gasteiger charge is -2.19. The van der Waals surface area contributed by atoms with Crippen LogP contribution in [-0.4, -0.2) is 45.0 Å². The SMILES string of the molecule is Cn1c(I)c2c3c(ncnc31)NCCc1cc(C(=O)N3CCCC3)ccc1-2. The standard InChI is InChI=1S/C20H20IN5O/c1-25-17(21)15-14-5-4-13(20(27)26-8-2-3-9-26)10-12(14)6-7-22-18-16(15)19(25)24-11-23-18/h4-5,10-11H,2-3,6-9H2,1H3,(H,22,23,24). The van der Waals surface area contributed by atoms with E-state index in [9.17, 15) is 4.79 Å². The van der Waals surface area contributed by atoms with Crippen molar-refractivity contribution in [1.82, 2.24) is 19.4 Å². The van der Waals surface area contributed by atoms with Gasteiger partial charge >= 0.3 is 0 Å². The van der Waals surface area contributed by atoms with E-state index in [4.69, 9.17) is 0 Å². The Morgan fingerprint density at radius 2 is 2.04 bits per heavy atom. The quantitative estimate of drug-likeness (QED) is 0.551. The van der Waals surface area contributed by atoms with Crippen molar-refractivity contribution in [1.29, 1.82) is 0 Å². The van der Waals surface area contributed by atoms with Gasteiger partial charge in [-0.2, -0.15) is 0 Å². The van der Waals surface area contributed by atoms with E-state index in [1.165, 1.54) is 11.1 Å². The second kappa shape index (κ2) is 6.47. The summed E-state index contributed by atoms with van der Waals surface area (Å²) in [5, 5.41) is 4.51. The number of amides is 1. The van der Waals surface area contributed by atoms with E-state index < -0.39 is 0 Å². The first-order chi connectivity index (χ1) is 13.1. The van der Waals surface area contributed by atoms with Gasteiger partial charge < -0.3 is 14.8 Å². The average Bonchev–Trinajstić information content (AvgIpc) is 3.29. The van der Waals surface area contributed by atoms with Gasteiger partial charge in [0.05, 0.1) is 9.09 Å². The summed E-state index contributed by atoms with van der Waals surface area (Å²) in [5.41, 5.74) is 5.26. The number of hydrogen-bond donors (Lipinski definition) is 1. The molecule has 0 aliphatic carbocycles. The highest BCUT2D eigenvalue weighted by Gasteiger charge is 2.25. The van der Waals surface area contributed by atoms with Crippen LogP contribution in [0.25, 0.3) is 22.2 Å². The van der Waals surface area contributed by atoms with Crippen LogP contribution in [0.3, 0.4) is 0 Å². The lowest BCUT2D eigenvalue weighted by molar-refractivity contribution is 0.0792. The Morgan fingerprint density at radius 1 is 1.22 bits per heavy atom. The van der Waals surface area contributed by atoms with Crippen LogP contribution >= 0.6 is 22.6 Å². The summed E-state index contributed by atoms with van der Waals surface area (Å²) in [5.74, 6) is 1.04. The van der Waals surface area contributed by atoms with Crippen LogP contribution in [0.5, 0.6) is 0 Å². The number of hydrogen-bond acceptors (Lipinski definition) is 4. The number of fused-ring (bicyclic) bond motifs is 2. The number of nitrogens with one attached hydrogen (secondary N) is 1. The number of halogens is 1. The summed E-state index contributed by atoms with van der Waals surface area (Å²) >= 11 is 2.38. The van der Waals surface area contributed by atoms with E-state index in [0.29, 0.717) is 0 Å². The second-order valence-corrected chi connectivity index (χ2v) is 8.22. The molecule has 1 amide bonds. The average molecular weight is 473 g/mol. The highest BCUT2D eigenvalue weighted by molar-refractivity contribution is 14.1. The fourth-order valence-electron chi connectivity index (χ4n) is 4.20. The topological polar surface area (TPSA) is 63.1 Å². The van der Waals surface area contributed by atoms with E-state index in [0.717, 1.165) is 70.6 Å². The van der Waals surface area contributed by atoms with Gasteiger partial charge in [-0.05, 0) is 65.1 Å². The fraction of sp³-hybridized carbons (Fsp3) is 0.350. The molecule has 2 aliphatic rings. The number of rotatable bonds is 1. The van der Waals surface area contributed by atoms with Gasteiger partial charge in [-0.3, -0.25) is 4.79 Å². The van der Waals surface area contributed by atoms with E-state index in [1.54, 1.807) is 6.33 Å². The normalized spacial score (nSPS) is 16.0. The Hall–Kier alpha value is -2.16. The minimum atomic E-state index is 0.155. The molecule has 4 heterocycles. The molecule has 1 N–H and O–H groups in total. The molecule has 5 rings (SSSR count). The third kappa shape index (κ3) is 2.62. The number of carbonyl (C=O) groups is 1. The molecule has 3 aromatic rings. The third-order valence-electron chi connectivity index (χ3n) is 5.60. The zero-order valence-corrected chi connectivity index (χ0v) is 17.3. The number of anilines is 1. The zero-order chi connectivity index (χ0) is 18.5. The number of aromatic nitrogens is 3. The van der Waals surface area contributed by atoms with E-state index >= 15 is 0 Å². The molecule has 0 atom stereocenters. The van der Waals surface area contributed by atoms with Gasteiger partial charge in [-0.25, -0.2) is 9.97 Å². The Labute approximate surface area is 171 Å². The van der Waals surface area contributed by atoms with Crippen LogP contribution < -0.4 is 5.32 Å². The smallest absolute Gasteiger partial charge is 0.253 e. The van der Waals surface area contributed by atoms with Gasteiger partial charge in [0.15, 0.2) is 0 Å². The molecule has 7 heteroatoms. The maximum Gasteiger partial charge on any atom is 0.253 e. The fourth-order valence-corrected chi connectivity index (χ4v) is 4.99. The predicted molar refractivity (Wildman–Crippen MR) is 114 cm³/mol. The molecule has 138 valence electrons. The summed E-state index contributed by atoms with van der Waals surface area (Å²) < 4.78 is 3.24. The van der Waals surface area contributed by atoms with Gasteiger partial charge in [-0.15, -0.1) is 0 Å². The molecule has 2 aliphatic heterocycles. The minimum absolute atomic E-state index is 0.155. The number of carbonyl (C=O) groups excluding carboxylic acids is 1. The van der Waals surface area contributed by atoms with Crippen molar-refractivity contribution < 1.29 is 4.79 Å². The van der Waals surface area contributed by atoms with Crippen molar-refractivity contribution in [2.24, 2.45) is 7.05 Å². The predicted octanol–water partition coefficient (Wildman–Crippen LogP) is 3.44. The first-order valence-corrected chi connectivity index (χ1v) is 10.4. The molecule has 6 nitrogen and oxygen atoms in total. The Kier molecular flexibility index (Phi) is 4.07. The molecule has 0 radical (unpaired) electrons. The molecule has 0 bridgehead atoms. The summed E-state index contributed by atoms with van der Waals surface area (Å²) in [6.07, 6.45) is 4.69. The molecule has 1 fully saturated rings. The van der Waals surface area contributed by atoms with Crippen molar-refractivity contribution in [3.8, 4) is 11.1 Å². The third-order valence-corrected chi connectivity index (χ3v) is 6.86. The van der Waals surface area contributed by atoms with Crippen LogP contribution in [-0.2, 0) is 13.5 Å². The molecule has 1 saturated heterocycles. The van der Waals surface area contributed by atoms with Gasteiger partial charge in [0.1, 0.15) is 17.8 Å². The number of nitrogens with zero attached hydrogens (tertiary/aromatic N) is 4. The van der Waals surface area contributed by atoms with Crippen LogP contribution in [0.1, 0.15) is 28.8 Å². The lowest BCUT2D eigenvalue weighted by atomic mass is 9.94. The lowest BCUT2D eigenvalue weighted by Crippen LogP contribution is -2.27. The number of aryl methyl sites for hydroxylation is 1. The number of benzene rings is 1. The van der Waals surface area contributed by atoms with Crippen molar-refractivity contribution in [2.75, 3.05) is 25.0 Å². The Morgan fingerprint density at radius 3 is 2.85 bits per heavy atom. The van der Waals surface area contributed by atoms with Crippen molar-refractivity contribution in [2.45, 2.75) is 19.3 Å². The molecular weight excluding hydrogens is 453 g/mol. The molecule has 1 aromatic carbocycles. The summed E-state index contributed by atoms with van der Waals surface area (Å²) in [4.78, 5) is 23.8. The van der Waals surface area contributed by atoms with Gasteiger partial charge in [0.2, 0.25) is 0 Å². The van der Waals surface area contributed by atoms with Gasteiger partial charge in [0.25, 0.3) is 5.91 Å². The molecule has 0 spiro atoms. The maximum atomic E-state index is 12.8. The molecule has 2 aromatic heterocycles. The summed E-state index contributed by atoms with van der Waals surface area (Å²) in [6.45, 7) is 2.53. The highest BCUT2D eigenvalue weighted by atomic mass is 127. The molecule has 0 unspecified atom stereocenters. The van der Waals surface area contributed by atoms with Gasteiger partial charge in [-0.1, -0.05) is 6.07 Å². The maximum absolute atomic E-state index is 12.8. The first-order valence-electron chi connectivity index (χ1n) is 9.30. The van der Waals surface area contributed by atoms with E-state index in [-0.39, 0.29) is 5.91 Å². The largest absolute Gasteiger partial charge is 0.369 e. The summed E-state index contributed by atoms with van der Waals surface area (Å²) in [7, 11) is 2.03.